The minimum absolute atomic E-state index is 0.0201. The van der Waals surface area contributed by atoms with Crippen molar-refractivity contribution in [2.75, 3.05) is 7.11 Å². The van der Waals surface area contributed by atoms with E-state index in [2.05, 4.69) is 0 Å². The van der Waals surface area contributed by atoms with Crippen LogP contribution in [0.1, 0.15) is 38.8 Å². The SMILES string of the molecule is COc1cc(-c2oc3c(CC=C(C)C)c(O)c(CC=C(C)C)c(O)c3c(=O)c2O)ccc1O. The first kappa shape index (κ1) is 23.8. The number of phenols is 3. The summed E-state index contributed by atoms with van der Waals surface area (Å²) >= 11 is 0. The van der Waals surface area contributed by atoms with Crippen molar-refractivity contribution in [3.05, 3.63) is 62.8 Å². The fourth-order valence-electron chi connectivity index (χ4n) is 3.52. The molecule has 0 saturated carbocycles. The van der Waals surface area contributed by atoms with Crippen molar-refractivity contribution < 1.29 is 29.6 Å². The Morgan fingerprint density at radius 3 is 2.09 bits per heavy atom. The smallest absolute Gasteiger partial charge is 0.238 e. The van der Waals surface area contributed by atoms with Crippen LogP contribution in [0.25, 0.3) is 22.3 Å². The molecule has 33 heavy (non-hydrogen) atoms. The summed E-state index contributed by atoms with van der Waals surface area (Å²) in [6.07, 6.45) is 4.14. The molecule has 0 atom stereocenters. The highest BCUT2D eigenvalue weighted by atomic mass is 16.5. The first-order valence-corrected chi connectivity index (χ1v) is 10.5. The molecule has 0 saturated heterocycles. The Morgan fingerprint density at radius 2 is 1.52 bits per heavy atom. The Bertz CT molecular complexity index is 1340. The van der Waals surface area contributed by atoms with Crippen molar-refractivity contribution in [3.8, 4) is 40.1 Å². The number of aromatic hydroxyl groups is 4. The highest BCUT2D eigenvalue weighted by Crippen LogP contribution is 2.43. The van der Waals surface area contributed by atoms with Gasteiger partial charge in [0, 0.05) is 16.7 Å². The third-order valence-electron chi connectivity index (χ3n) is 5.33. The molecule has 0 spiro atoms. The van der Waals surface area contributed by atoms with E-state index in [1.165, 1.54) is 25.3 Å². The molecule has 7 heteroatoms. The van der Waals surface area contributed by atoms with Gasteiger partial charge in [-0.3, -0.25) is 4.79 Å². The second kappa shape index (κ2) is 9.32. The van der Waals surface area contributed by atoms with Crippen molar-refractivity contribution in [1.29, 1.82) is 0 Å². The van der Waals surface area contributed by atoms with Crippen LogP contribution in [0.4, 0.5) is 0 Å². The molecular weight excluding hydrogens is 424 g/mol. The molecule has 2 aromatic carbocycles. The van der Waals surface area contributed by atoms with Gasteiger partial charge in [0.25, 0.3) is 0 Å². The lowest BCUT2D eigenvalue weighted by atomic mass is 9.96. The normalized spacial score (nSPS) is 10.8. The summed E-state index contributed by atoms with van der Waals surface area (Å²) in [4.78, 5) is 13.2. The first-order chi connectivity index (χ1) is 15.6. The highest BCUT2D eigenvalue weighted by molar-refractivity contribution is 5.93. The molecule has 0 aliphatic heterocycles. The number of phenolic OH excluding ortho intramolecular Hbond substituents is 3. The fraction of sp³-hybridized carbons (Fsp3) is 0.269. The molecule has 0 bridgehead atoms. The summed E-state index contributed by atoms with van der Waals surface area (Å²) < 4.78 is 11.1. The van der Waals surface area contributed by atoms with Gasteiger partial charge in [-0.15, -0.1) is 0 Å². The van der Waals surface area contributed by atoms with Crippen LogP contribution in [-0.4, -0.2) is 27.5 Å². The van der Waals surface area contributed by atoms with Gasteiger partial charge in [-0.25, -0.2) is 0 Å². The van der Waals surface area contributed by atoms with Gasteiger partial charge in [-0.1, -0.05) is 23.3 Å². The average Bonchev–Trinajstić information content (AvgIpc) is 2.75. The zero-order valence-corrected chi connectivity index (χ0v) is 19.3. The summed E-state index contributed by atoms with van der Waals surface area (Å²) in [6.45, 7) is 7.58. The summed E-state index contributed by atoms with van der Waals surface area (Å²) in [5, 5.41) is 42.3. The Morgan fingerprint density at radius 1 is 0.909 bits per heavy atom. The third kappa shape index (κ3) is 4.53. The maximum atomic E-state index is 13.2. The maximum absolute atomic E-state index is 13.2. The van der Waals surface area contributed by atoms with Gasteiger partial charge in [0.1, 0.15) is 22.5 Å². The molecule has 0 radical (unpaired) electrons. The lowest BCUT2D eigenvalue weighted by Gasteiger charge is -2.16. The maximum Gasteiger partial charge on any atom is 0.238 e. The Balaban J connectivity index is 2.42. The summed E-state index contributed by atoms with van der Waals surface area (Å²) in [5.41, 5.74) is 1.91. The number of rotatable bonds is 6. The van der Waals surface area contributed by atoms with Crippen LogP contribution in [0.2, 0.25) is 0 Å². The largest absolute Gasteiger partial charge is 0.507 e. The predicted molar refractivity (Wildman–Crippen MR) is 127 cm³/mol. The number of methoxy groups -OCH3 is 1. The van der Waals surface area contributed by atoms with E-state index in [0.717, 1.165) is 11.1 Å². The molecular formula is C26H28O7. The molecule has 3 aromatic rings. The number of allylic oxidation sites excluding steroid dienone is 4. The Kier molecular flexibility index (Phi) is 6.72. The average molecular weight is 453 g/mol. The van der Waals surface area contributed by atoms with Crippen LogP contribution < -0.4 is 10.2 Å². The molecule has 1 heterocycles. The number of ether oxygens (including phenoxy) is 1. The standard InChI is InChI=1S/C26H28O7/c1-13(2)6-9-16-21(28)17(10-7-14(3)4)26-20(22(16)29)23(30)24(31)25(33-26)15-8-11-18(27)19(12-15)32-5/h6-8,11-12,27-29,31H,9-10H2,1-5H3. The quantitative estimate of drug-likeness (QED) is 0.374. The van der Waals surface area contributed by atoms with Crippen molar-refractivity contribution in [1.82, 2.24) is 0 Å². The molecule has 1 aromatic heterocycles. The third-order valence-corrected chi connectivity index (χ3v) is 5.33. The molecule has 0 unspecified atom stereocenters. The van der Waals surface area contributed by atoms with Crippen molar-refractivity contribution in [3.63, 3.8) is 0 Å². The molecule has 0 aliphatic rings. The predicted octanol–water partition coefficient (Wildman–Crippen LogP) is 5.31. The highest BCUT2D eigenvalue weighted by Gasteiger charge is 2.26. The minimum Gasteiger partial charge on any atom is -0.507 e. The first-order valence-electron chi connectivity index (χ1n) is 10.5. The van der Waals surface area contributed by atoms with Gasteiger partial charge < -0.3 is 29.6 Å². The monoisotopic (exact) mass is 452 g/mol. The molecule has 0 aliphatic carbocycles. The summed E-state index contributed by atoms with van der Waals surface area (Å²) in [7, 11) is 1.37. The lowest BCUT2D eigenvalue weighted by Crippen LogP contribution is -2.07. The van der Waals surface area contributed by atoms with Gasteiger partial charge in [-0.2, -0.15) is 0 Å². The van der Waals surface area contributed by atoms with Crippen LogP contribution in [0, 0.1) is 0 Å². The second-order valence-electron chi connectivity index (χ2n) is 8.33. The summed E-state index contributed by atoms with van der Waals surface area (Å²) in [5.74, 6) is -1.45. The van der Waals surface area contributed by atoms with Crippen LogP contribution in [0.3, 0.4) is 0 Å². The van der Waals surface area contributed by atoms with Crippen LogP contribution in [0.15, 0.2) is 50.7 Å². The Labute approximate surface area is 191 Å². The number of hydrogen-bond acceptors (Lipinski definition) is 7. The van der Waals surface area contributed by atoms with E-state index in [0.29, 0.717) is 5.56 Å². The number of hydrogen-bond donors (Lipinski definition) is 4. The molecule has 0 amide bonds. The van der Waals surface area contributed by atoms with E-state index in [9.17, 15) is 25.2 Å². The molecule has 0 fully saturated rings. The van der Waals surface area contributed by atoms with Crippen molar-refractivity contribution in [2.45, 2.75) is 40.5 Å². The van der Waals surface area contributed by atoms with Gasteiger partial charge >= 0.3 is 0 Å². The van der Waals surface area contributed by atoms with E-state index in [1.54, 1.807) is 0 Å². The van der Waals surface area contributed by atoms with E-state index in [4.69, 9.17) is 9.15 Å². The molecule has 174 valence electrons. The molecule has 3 rings (SSSR count). The van der Waals surface area contributed by atoms with Crippen molar-refractivity contribution in [2.24, 2.45) is 0 Å². The second-order valence-corrected chi connectivity index (χ2v) is 8.33. The van der Waals surface area contributed by atoms with Crippen LogP contribution >= 0.6 is 0 Å². The number of fused-ring (bicyclic) bond motifs is 1. The van der Waals surface area contributed by atoms with Gasteiger partial charge in [0.15, 0.2) is 17.3 Å². The van der Waals surface area contributed by atoms with Crippen LogP contribution in [0.5, 0.6) is 28.7 Å². The van der Waals surface area contributed by atoms with Crippen LogP contribution in [-0.2, 0) is 12.8 Å². The van der Waals surface area contributed by atoms with Gasteiger partial charge in [-0.05, 0) is 58.7 Å². The van der Waals surface area contributed by atoms with E-state index in [1.807, 2.05) is 39.8 Å². The van der Waals surface area contributed by atoms with E-state index in [-0.39, 0.29) is 57.9 Å². The minimum atomic E-state index is -0.826. The fourth-order valence-corrected chi connectivity index (χ4v) is 3.52. The number of benzene rings is 2. The molecule has 7 nitrogen and oxygen atoms in total. The molecule has 4 N–H and O–H groups in total. The van der Waals surface area contributed by atoms with Gasteiger partial charge in [0.2, 0.25) is 11.2 Å². The van der Waals surface area contributed by atoms with Gasteiger partial charge in [0.05, 0.1) is 7.11 Å². The topological polar surface area (TPSA) is 120 Å². The Hall–Kier alpha value is -3.87. The summed E-state index contributed by atoms with van der Waals surface area (Å²) in [6, 6.07) is 4.22. The van der Waals surface area contributed by atoms with E-state index < -0.39 is 16.9 Å². The van der Waals surface area contributed by atoms with Crippen molar-refractivity contribution >= 4 is 11.0 Å². The van der Waals surface area contributed by atoms with E-state index >= 15 is 0 Å². The zero-order chi connectivity index (χ0) is 24.4. The zero-order valence-electron chi connectivity index (χ0n) is 19.3. The lowest BCUT2D eigenvalue weighted by molar-refractivity contribution is 0.373.